The van der Waals surface area contributed by atoms with Gasteiger partial charge < -0.3 is 11.1 Å². The largest absolute Gasteiger partial charge is 0.370 e. The summed E-state index contributed by atoms with van der Waals surface area (Å²) in [4.78, 5) is 4.40. The Labute approximate surface area is 185 Å². The number of hydrogen-bond acceptors (Lipinski definition) is 3. The molecule has 0 saturated heterocycles. The molecule has 8 heteroatoms. The van der Waals surface area contributed by atoms with Crippen LogP contribution in [0.4, 0.5) is 5.69 Å². The van der Waals surface area contributed by atoms with Crippen LogP contribution in [0, 0.1) is 6.92 Å². The fraction of sp³-hybridized carbons (Fsp3) is 0.350. The van der Waals surface area contributed by atoms with Gasteiger partial charge in [-0.1, -0.05) is 43.7 Å². The third-order valence-electron chi connectivity index (χ3n) is 4.38. The van der Waals surface area contributed by atoms with Gasteiger partial charge in [-0.15, -0.1) is 24.0 Å². The molecule has 1 unspecified atom stereocenters. The molecular formula is C20H29IN4O2S. The summed E-state index contributed by atoms with van der Waals surface area (Å²) in [7, 11) is -3.53. The maximum atomic E-state index is 12.2. The quantitative estimate of drug-likeness (QED) is 0.215. The molecule has 0 heterocycles. The van der Waals surface area contributed by atoms with Gasteiger partial charge >= 0.3 is 0 Å². The molecule has 0 fully saturated rings. The lowest BCUT2D eigenvalue weighted by Crippen LogP contribution is -2.28. The molecule has 2 rings (SSSR count). The van der Waals surface area contributed by atoms with Crippen molar-refractivity contribution in [2.75, 3.05) is 18.4 Å². The number of aliphatic imine (C=N–C) groups is 1. The number of hydrogen-bond donors (Lipinski definition) is 3. The van der Waals surface area contributed by atoms with Crippen molar-refractivity contribution in [3.05, 3.63) is 59.7 Å². The number of halogens is 1. The van der Waals surface area contributed by atoms with Crippen molar-refractivity contribution in [1.29, 1.82) is 0 Å². The summed E-state index contributed by atoms with van der Waals surface area (Å²) in [5, 5.41) is 3.01. The highest BCUT2D eigenvalue weighted by molar-refractivity contribution is 14.0. The lowest BCUT2D eigenvalue weighted by Gasteiger charge is -2.11. The van der Waals surface area contributed by atoms with Gasteiger partial charge in [-0.05, 0) is 49.1 Å². The summed E-state index contributed by atoms with van der Waals surface area (Å²) in [5.41, 5.74) is 9.01. The number of rotatable bonds is 8. The third-order valence-corrected chi connectivity index (χ3v) is 5.86. The zero-order valence-corrected chi connectivity index (χ0v) is 19.6. The van der Waals surface area contributed by atoms with E-state index in [0.717, 1.165) is 17.7 Å². The van der Waals surface area contributed by atoms with Crippen LogP contribution in [0.3, 0.4) is 0 Å². The first-order valence-electron chi connectivity index (χ1n) is 9.05. The molecule has 1 atom stereocenters. The molecule has 2 aromatic rings. The Kier molecular flexibility index (Phi) is 9.91. The van der Waals surface area contributed by atoms with Crippen LogP contribution in [-0.4, -0.2) is 27.5 Å². The number of anilines is 1. The molecule has 0 aliphatic rings. The topological polar surface area (TPSA) is 96.6 Å². The fourth-order valence-corrected chi connectivity index (χ4v) is 3.50. The van der Waals surface area contributed by atoms with Crippen LogP contribution in [0.1, 0.15) is 37.3 Å². The van der Waals surface area contributed by atoms with E-state index in [1.54, 1.807) is 24.3 Å². The summed E-state index contributed by atoms with van der Waals surface area (Å²) in [6.45, 7) is 6.68. The van der Waals surface area contributed by atoms with Crippen LogP contribution in [0.5, 0.6) is 0 Å². The van der Waals surface area contributed by atoms with Gasteiger partial charge in [-0.25, -0.2) is 13.1 Å². The molecule has 0 saturated carbocycles. The van der Waals surface area contributed by atoms with E-state index in [4.69, 9.17) is 5.73 Å². The molecule has 154 valence electrons. The number of guanidine groups is 1. The van der Waals surface area contributed by atoms with Crippen molar-refractivity contribution >= 4 is 45.6 Å². The van der Waals surface area contributed by atoms with Crippen molar-refractivity contribution in [3.8, 4) is 0 Å². The predicted octanol–water partition coefficient (Wildman–Crippen LogP) is 3.83. The van der Waals surface area contributed by atoms with Crippen LogP contribution in [-0.2, 0) is 10.0 Å². The minimum Gasteiger partial charge on any atom is -0.370 e. The normalized spacial score (nSPS) is 12.9. The van der Waals surface area contributed by atoms with Crippen molar-refractivity contribution in [1.82, 2.24) is 4.72 Å². The van der Waals surface area contributed by atoms with E-state index in [2.05, 4.69) is 41.0 Å². The molecule has 6 nitrogen and oxygen atoms in total. The lowest BCUT2D eigenvalue weighted by atomic mass is 9.99. The van der Waals surface area contributed by atoms with E-state index >= 15 is 0 Å². The fourth-order valence-electron chi connectivity index (χ4n) is 2.48. The van der Waals surface area contributed by atoms with E-state index in [1.165, 1.54) is 5.56 Å². The average molecular weight is 516 g/mol. The molecular weight excluding hydrogens is 487 g/mol. The monoisotopic (exact) mass is 516 g/mol. The zero-order chi connectivity index (χ0) is 19.9. The number of benzene rings is 2. The number of sulfonamides is 1. The second kappa shape index (κ2) is 11.4. The predicted molar refractivity (Wildman–Crippen MR) is 127 cm³/mol. The van der Waals surface area contributed by atoms with E-state index in [0.29, 0.717) is 5.92 Å². The Morgan fingerprint density at radius 2 is 1.71 bits per heavy atom. The maximum Gasteiger partial charge on any atom is 0.240 e. The van der Waals surface area contributed by atoms with Gasteiger partial charge in [-0.3, -0.25) is 4.99 Å². The molecule has 0 aliphatic carbocycles. The highest BCUT2D eigenvalue weighted by Crippen LogP contribution is 2.20. The minimum atomic E-state index is -3.53. The van der Waals surface area contributed by atoms with Crippen LogP contribution >= 0.6 is 24.0 Å². The summed E-state index contributed by atoms with van der Waals surface area (Å²) in [6.07, 6.45) is 1.09. The second-order valence-electron chi connectivity index (χ2n) is 6.53. The van der Waals surface area contributed by atoms with E-state index in [9.17, 15) is 8.42 Å². The van der Waals surface area contributed by atoms with Crippen LogP contribution in [0.25, 0.3) is 0 Å². The molecule has 28 heavy (non-hydrogen) atoms. The molecule has 0 aromatic heterocycles. The van der Waals surface area contributed by atoms with Crippen molar-refractivity contribution < 1.29 is 8.42 Å². The van der Waals surface area contributed by atoms with Gasteiger partial charge in [0.25, 0.3) is 0 Å². The van der Waals surface area contributed by atoms with Gasteiger partial charge in [-0.2, -0.15) is 0 Å². The van der Waals surface area contributed by atoms with E-state index in [-0.39, 0.29) is 47.9 Å². The highest BCUT2D eigenvalue weighted by Gasteiger charge is 2.12. The van der Waals surface area contributed by atoms with Gasteiger partial charge in [0.1, 0.15) is 0 Å². The standard InChI is InChI=1S/C20H28N4O2S.HI/c1-4-16(3)17-7-9-18(10-8-17)24-20(21)22-13-14-23-27(25,26)19-11-5-15(2)6-12-19;/h5-12,16,23H,4,13-14H2,1-3H3,(H3,21,22,24);1H. The Balaban J connectivity index is 0.00000392. The molecule has 0 amide bonds. The van der Waals surface area contributed by atoms with Crippen molar-refractivity contribution in [2.24, 2.45) is 10.7 Å². The zero-order valence-electron chi connectivity index (χ0n) is 16.5. The number of nitrogens with two attached hydrogens (primary N) is 1. The third kappa shape index (κ3) is 7.40. The summed E-state index contributed by atoms with van der Waals surface area (Å²) >= 11 is 0. The lowest BCUT2D eigenvalue weighted by molar-refractivity contribution is 0.582. The van der Waals surface area contributed by atoms with Crippen molar-refractivity contribution in [2.45, 2.75) is 38.0 Å². The Morgan fingerprint density at radius 3 is 2.29 bits per heavy atom. The minimum absolute atomic E-state index is 0. The van der Waals surface area contributed by atoms with Gasteiger partial charge in [0.05, 0.1) is 11.4 Å². The first-order valence-corrected chi connectivity index (χ1v) is 10.5. The number of nitrogens with one attached hydrogen (secondary N) is 2. The Hall–Kier alpha value is -1.65. The second-order valence-corrected chi connectivity index (χ2v) is 8.30. The first kappa shape index (κ1) is 24.4. The smallest absolute Gasteiger partial charge is 0.240 e. The highest BCUT2D eigenvalue weighted by atomic mass is 127. The Morgan fingerprint density at radius 1 is 1.11 bits per heavy atom. The first-order chi connectivity index (χ1) is 12.8. The molecule has 0 aliphatic heterocycles. The van der Waals surface area contributed by atoms with E-state index in [1.807, 2.05) is 19.1 Å². The maximum absolute atomic E-state index is 12.2. The molecule has 2 aromatic carbocycles. The SMILES string of the molecule is CCC(C)c1ccc(NC(N)=NCCNS(=O)(=O)c2ccc(C)cc2)cc1.I. The Bertz CT molecular complexity index is 866. The van der Waals surface area contributed by atoms with Crippen LogP contribution in [0.15, 0.2) is 58.4 Å². The van der Waals surface area contributed by atoms with Gasteiger partial charge in [0.2, 0.25) is 10.0 Å². The average Bonchev–Trinajstić information content (AvgIpc) is 2.65. The van der Waals surface area contributed by atoms with E-state index < -0.39 is 10.0 Å². The van der Waals surface area contributed by atoms with Crippen LogP contribution in [0.2, 0.25) is 0 Å². The van der Waals surface area contributed by atoms with Crippen LogP contribution < -0.4 is 15.8 Å². The summed E-state index contributed by atoms with van der Waals surface area (Å²) in [6, 6.07) is 14.8. The molecule has 4 N–H and O–H groups in total. The molecule has 0 spiro atoms. The summed E-state index contributed by atoms with van der Waals surface area (Å²) in [5.74, 6) is 0.771. The van der Waals surface area contributed by atoms with Gasteiger partial charge in [0.15, 0.2) is 5.96 Å². The number of nitrogens with zero attached hydrogens (tertiary/aromatic N) is 1. The summed E-state index contributed by atoms with van der Waals surface area (Å²) < 4.78 is 26.9. The molecule has 0 radical (unpaired) electrons. The number of aryl methyl sites for hydroxylation is 1. The van der Waals surface area contributed by atoms with Crippen molar-refractivity contribution in [3.63, 3.8) is 0 Å². The molecule has 0 bridgehead atoms. The van der Waals surface area contributed by atoms with Gasteiger partial charge in [0, 0.05) is 12.2 Å².